The number of ether oxygens (including phenoxy) is 1. The lowest BCUT2D eigenvalue weighted by Crippen LogP contribution is -2.29. The number of halogens is 1. The monoisotopic (exact) mass is 476 g/mol. The molecule has 0 aromatic heterocycles. The van der Waals surface area contributed by atoms with Gasteiger partial charge in [0.1, 0.15) is 12.4 Å². The Hall–Kier alpha value is -4.20. The molecule has 0 spiro atoms. The molecule has 180 valence electrons. The van der Waals surface area contributed by atoms with Crippen LogP contribution in [0.15, 0.2) is 66.7 Å². The third-order valence-electron chi connectivity index (χ3n) is 6.02. The lowest BCUT2D eigenvalue weighted by atomic mass is 9.98. The second-order valence-corrected chi connectivity index (χ2v) is 8.36. The Morgan fingerprint density at radius 3 is 2.26 bits per heavy atom. The van der Waals surface area contributed by atoms with Crippen LogP contribution >= 0.6 is 0 Å². The van der Waals surface area contributed by atoms with Crippen molar-refractivity contribution in [1.82, 2.24) is 4.90 Å². The van der Waals surface area contributed by atoms with Crippen molar-refractivity contribution in [3.63, 3.8) is 0 Å². The number of hydrogen-bond donors (Lipinski definition) is 2. The zero-order chi connectivity index (χ0) is 24.9. The van der Waals surface area contributed by atoms with E-state index in [0.717, 1.165) is 34.4 Å². The maximum atomic E-state index is 13.9. The van der Waals surface area contributed by atoms with Crippen molar-refractivity contribution in [1.29, 1.82) is 0 Å². The summed E-state index contributed by atoms with van der Waals surface area (Å²) in [6.45, 7) is 0.269. The van der Waals surface area contributed by atoms with Gasteiger partial charge in [-0.25, -0.2) is 9.18 Å². The van der Waals surface area contributed by atoms with Gasteiger partial charge in [0.15, 0.2) is 0 Å². The second-order valence-electron chi connectivity index (χ2n) is 8.36. The third kappa shape index (κ3) is 5.32. The normalized spacial score (nSPS) is 11.9. The van der Waals surface area contributed by atoms with Crippen LogP contribution in [-0.4, -0.2) is 48.2 Å². The summed E-state index contributed by atoms with van der Waals surface area (Å²) in [5, 5.41) is 11.3. The lowest BCUT2D eigenvalue weighted by molar-refractivity contribution is -0.137. The number of benzene rings is 3. The molecule has 1 aliphatic carbocycles. The highest BCUT2D eigenvalue weighted by molar-refractivity contribution is 6.02. The molecule has 35 heavy (non-hydrogen) atoms. The van der Waals surface area contributed by atoms with E-state index in [1.165, 1.54) is 18.0 Å². The van der Waals surface area contributed by atoms with Crippen molar-refractivity contribution in [2.24, 2.45) is 0 Å². The smallest absolute Gasteiger partial charge is 0.411 e. The summed E-state index contributed by atoms with van der Waals surface area (Å²) < 4.78 is 19.4. The molecule has 0 saturated heterocycles. The maximum Gasteiger partial charge on any atom is 0.411 e. The highest BCUT2D eigenvalue weighted by Gasteiger charge is 2.29. The van der Waals surface area contributed by atoms with Crippen LogP contribution in [0.5, 0.6) is 0 Å². The van der Waals surface area contributed by atoms with Gasteiger partial charge < -0.3 is 14.7 Å². The Labute approximate surface area is 202 Å². The highest BCUT2D eigenvalue weighted by Crippen LogP contribution is 2.44. The topological polar surface area (TPSA) is 95.9 Å². The number of anilines is 1. The Morgan fingerprint density at radius 2 is 1.63 bits per heavy atom. The predicted molar refractivity (Wildman–Crippen MR) is 129 cm³/mol. The van der Waals surface area contributed by atoms with E-state index in [1.54, 1.807) is 0 Å². The van der Waals surface area contributed by atoms with Gasteiger partial charge in [0.05, 0.1) is 11.3 Å². The van der Waals surface area contributed by atoms with Crippen LogP contribution in [0.25, 0.3) is 11.1 Å². The fraction of sp³-hybridized carbons (Fsp3) is 0.222. The molecular formula is C27H25FN2O5. The van der Waals surface area contributed by atoms with E-state index in [9.17, 15) is 18.8 Å². The van der Waals surface area contributed by atoms with Gasteiger partial charge in [0, 0.05) is 25.9 Å². The standard InChI is InChI=1S/C27H25FN2O5/c1-30(14-6-11-25(31)32)26(33)22-15-17(28)12-13-24(22)29-27(34)35-16-23-20-9-4-2-7-18(20)19-8-3-5-10-21(19)23/h2-5,7-10,12-13,15,23H,6,11,14,16H2,1H3,(H,29,34)(H,31,32). The summed E-state index contributed by atoms with van der Waals surface area (Å²) in [6.07, 6.45) is -0.603. The summed E-state index contributed by atoms with van der Waals surface area (Å²) in [4.78, 5) is 37.5. The Kier molecular flexibility index (Phi) is 7.10. The predicted octanol–water partition coefficient (Wildman–Crippen LogP) is 5.12. The number of carboxylic acids is 1. The molecule has 3 aromatic carbocycles. The highest BCUT2D eigenvalue weighted by atomic mass is 19.1. The van der Waals surface area contributed by atoms with E-state index in [4.69, 9.17) is 9.84 Å². The minimum absolute atomic E-state index is 0.0451. The summed E-state index contributed by atoms with van der Waals surface area (Å²) in [5.74, 6) is -2.26. The molecule has 0 radical (unpaired) electrons. The minimum Gasteiger partial charge on any atom is -0.481 e. The van der Waals surface area contributed by atoms with Gasteiger partial charge in [-0.15, -0.1) is 0 Å². The van der Waals surface area contributed by atoms with E-state index >= 15 is 0 Å². The molecule has 0 atom stereocenters. The number of amides is 2. The van der Waals surface area contributed by atoms with Crippen molar-refractivity contribution >= 4 is 23.7 Å². The quantitative estimate of drug-likeness (QED) is 0.470. The summed E-state index contributed by atoms with van der Waals surface area (Å²) in [6, 6.07) is 19.4. The van der Waals surface area contributed by atoms with Crippen LogP contribution in [0.2, 0.25) is 0 Å². The van der Waals surface area contributed by atoms with Crippen LogP contribution < -0.4 is 5.32 Å². The minimum atomic E-state index is -0.964. The Balaban J connectivity index is 1.45. The van der Waals surface area contributed by atoms with Crippen LogP contribution in [0.1, 0.15) is 40.2 Å². The van der Waals surface area contributed by atoms with Crippen LogP contribution in [-0.2, 0) is 9.53 Å². The van der Waals surface area contributed by atoms with E-state index in [-0.39, 0.29) is 43.2 Å². The zero-order valence-electron chi connectivity index (χ0n) is 19.2. The van der Waals surface area contributed by atoms with Crippen molar-refractivity contribution in [2.45, 2.75) is 18.8 Å². The first-order valence-corrected chi connectivity index (χ1v) is 11.2. The molecule has 0 fully saturated rings. The first kappa shape index (κ1) is 23.9. The number of fused-ring (bicyclic) bond motifs is 3. The largest absolute Gasteiger partial charge is 0.481 e. The molecule has 0 heterocycles. The average Bonchev–Trinajstić information content (AvgIpc) is 3.17. The van der Waals surface area contributed by atoms with Crippen molar-refractivity contribution in [2.75, 3.05) is 25.5 Å². The van der Waals surface area contributed by atoms with E-state index in [2.05, 4.69) is 5.32 Å². The zero-order valence-corrected chi connectivity index (χ0v) is 19.2. The van der Waals surface area contributed by atoms with Crippen molar-refractivity contribution in [3.8, 4) is 11.1 Å². The molecule has 8 heteroatoms. The number of rotatable bonds is 8. The van der Waals surface area contributed by atoms with Crippen molar-refractivity contribution in [3.05, 3.63) is 89.2 Å². The molecule has 0 bridgehead atoms. The second kappa shape index (κ2) is 10.4. The van der Waals surface area contributed by atoms with Gasteiger partial charge in [-0.3, -0.25) is 14.9 Å². The van der Waals surface area contributed by atoms with Crippen molar-refractivity contribution < 1.29 is 28.6 Å². The average molecular weight is 477 g/mol. The lowest BCUT2D eigenvalue weighted by Gasteiger charge is -2.19. The number of nitrogens with zero attached hydrogens (tertiary/aromatic N) is 1. The number of nitrogens with one attached hydrogen (secondary N) is 1. The van der Waals surface area contributed by atoms with Crippen LogP contribution in [0.4, 0.5) is 14.9 Å². The summed E-state index contributed by atoms with van der Waals surface area (Å²) >= 11 is 0. The SMILES string of the molecule is CN(CCCC(=O)O)C(=O)c1cc(F)ccc1NC(=O)OCC1c2ccccc2-c2ccccc21. The van der Waals surface area contributed by atoms with Gasteiger partial charge in [-0.1, -0.05) is 48.5 Å². The third-order valence-corrected chi connectivity index (χ3v) is 6.02. The van der Waals surface area contributed by atoms with Gasteiger partial charge in [0.25, 0.3) is 5.91 Å². The fourth-order valence-electron chi connectivity index (χ4n) is 4.32. The molecule has 0 aliphatic heterocycles. The van der Waals surface area contributed by atoms with Crippen LogP contribution in [0, 0.1) is 5.82 Å². The molecule has 0 saturated carbocycles. The fourth-order valence-corrected chi connectivity index (χ4v) is 4.32. The molecule has 2 amide bonds. The van der Waals surface area contributed by atoms with Crippen LogP contribution in [0.3, 0.4) is 0 Å². The Bertz CT molecular complexity index is 1230. The molecule has 7 nitrogen and oxygen atoms in total. The summed E-state index contributed by atoms with van der Waals surface area (Å²) in [5.41, 5.74) is 4.42. The number of hydrogen-bond acceptors (Lipinski definition) is 4. The molecule has 1 aliphatic rings. The first-order chi connectivity index (χ1) is 16.8. The van der Waals surface area contributed by atoms with E-state index < -0.39 is 23.8 Å². The molecule has 4 rings (SSSR count). The van der Waals surface area contributed by atoms with E-state index in [0.29, 0.717) is 0 Å². The van der Waals surface area contributed by atoms with Gasteiger partial charge in [-0.05, 0) is 46.9 Å². The maximum absolute atomic E-state index is 13.9. The number of carbonyl (C=O) groups excluding carboxylic acids is 2. The number of aliphatic carboxylic acids is 1. The molecule has 2 N–H and O–H groups in total. The van der Waals surface area contributed by atoms with Gasteiger partial charge >= 0.3 is 12.1 Å². The van der Waals surface area contributed by atoms with Gasteiger partial charge in [-0.2, -0.15) is 0 Å². The Morgan fingerprint density at radius 1 is 1.00 bits per heavy atom. The molecule has 3 aromatic rings. The first-order valence-electron chi connectivity index (χ1n) is 11.2. The number of carbonyl (C=O) groups is 3. The van der Waals surface area contributed by atoms with Gasteiger partial charge in [0.2, 0.25) is 0 Å². The molecular weight excluding hydrogens is 451 g/mol. The molecule has 0 unspecified atom stereocenters. The van der Waals surface area contributed by atoms with E-state index in [1.807, 2.05) is 48.5 Å². The summed E-state index contributed by atoms with van der Waals surface area (Å²) in [7, 11) is 1.49. The number of carboxylic acid groups (broad SMARTS) is 1.